The molecule has 0 aliphatic heterocycles. The summed E-state index contributed by atoms with van der Waals surface area (Å²) in [5.41, 5.74) is 12.6. The van der Waals surface area contributed by atoms with Crippen LogP contribution in [0.15, 0.2) is 6.20 Å². The van der Waals surface area contributed by atoms with Gasteiger partial charge in [-0.1, -0.05) is 0 Å². The number of nitrogens with zero attached hydrogens (tertiary/aromatic N) is 2. The van der Waals surface area contributed by atoms with Crippen molar-refractivity contribution in [3.8, 4) is 0 Å². The minimum absolute atomic E-state index is 0.0785. The molecule has 7 nitrogen and oxygen atoms in total. The smallest absolute Gasteiger partial charge is 0.103 e. The summed E-state index contributed by atoms with van der Waals surface area (Å²) in [6.07, 6.45) is -0.702. The summed E-state index contributed by atoms with van der Waals surface area (Å²) in [5.74, 6) is 0. The molecule has 0 radical (unpaired) electrons. The van der Waals surface area contributed by atoms with Gasteiger partial charge in [-0.2, -0.15) is 0 Å². The number of aliphatic hydroxyl groups is 3. The normalized spacial score (nSPS) is 14.6. The molecule has 7 N–H and O–H groups in total. The zero-order valence-electron chi connectivity index (χ0n) is 9.45. The van der Waals surface area contributed by atoms with Crippen molar-refractivity contribution in [3.05, 3.63) is 23.3 Å². The third-order valence-electron chi connectivity index (χ3n) is 2.42. The van der Waals surface area contributed by atoms with Crippen molar-refractivity contribution in [2.24, 2.45) is 11.5 Å². The maximum Gasteiger partial charge on any atom is 0.103 e. The highest BCUT2D eigenvalue weighted by Crippen LogP contribution is 2.09. The van der Waals surface area contributed by atoms with Crippen LogP contribution in [0.25, 0.3) is 0 Å². The molecule has 0 saturated heterocycles. The molecule has 1 aromatic heterocycles. The highest BCUT2D eigenvalue weighted by atomic mass is 16.4. The first-order valence-electron chi connectivity index (χ1n) is 5.33. The van der Waals surface area contributed by atoms with Crippen molar-refractivity contribution >= 4 is 0 Å². The minimum atomic E-state index is -1.20. The molecule has 1 rings (SSSR count). The standard InChI is InChI=1S/C10H18N4O3/c11-2-6-4-13-8(3-12)7(14-6)1-9(16)10(17)5-15/h4,9-10,15-17H,1-3,5,11-12H2. The minimum Gasteiger partial charge on any atom is -0.394 e. The number of nitrogens with two attached hydrogens (primary N) is 2. The van der Waals surface area contributed by atoms with Crippen LogP contribution in [0.1, 0.15) is 17.1 Å². The molecule has 1 heterocycles. The van der Waals surface area contributed by atoms with Crippen LogP contribution >= 0.6 is 0 Å². The largest absolute Gasteiger partial charge is 0.394 e. The second-order valence-corrected chi connectivity index (χ2v) is 3.68. The molecule has 7 heteroatoms. The van der Waals surface area contributed by atoms with Crippen LogP contribution in [0.4, 0.5) is 0 Å². The predicted molar refractivity (Wildman–Crippen MR) is 60.6 cm³/mol. The molecular weight excluding hydrogens is 224 g/mol. The fourth-order valence-corrected chi connectivity index (χ4v) is 1.38. The van der Waals surface area contributed by atoms with Gasteiger partial charge in [0.1, 0.15) is 6.10 Å². The number of aromatic nitrogens is 2. The Morgan fingerprint density at radius 3 is 2.35 bits per heavy atom. The van der Waals surface area contributed by atoms with E-state index in [4.69, 9.17) is 16.6 Å². The second-order valence-electron chi connectivity index (χ2n) is 3.68. The van der Waals surface area contributed by atoms with Crippen molar-refractivity contribution in [1.29, 1.82) is 0 Å². The Balaban J connectivity index is 2.87. The van der Waals surface area contributed by atoms with Gasteiger partial charge in [-0.05, 0) is 0 Å². The van der Waals surface area contributed by atoms with E-state index in [0.29, 0.717) is 17.1 Å². The van der Waals surface area contributed by atoms with Crippen molar-refractivity contribution in [3.63, 3.8) is 0 Å². The van der Waals surface area contributed by atoms with E-state index in [-0.39, 0.29) is 19.5 Å². The van der Waals surface area contributed by atoms with E-state index in [9.17, 15) is 10.2 Å². The molecule has 2 atom stereocenters. The van der Waals surface area contributed by atoms with Crippen LogP contribution < -0.4 is 11.5 Å². The molecule has 17 heavy (non-hydrogen) atoms. The van der Waals surface area contributed by atoms with Gasteiger partial charge in [0, 0.05) is 19.5 Å². The van der Waals surface area contributed by atoms with E-state index in [1.54, 1.807) is 0 Å². The Bertz CT molecular complexity index is 361. The first kappa shape index (κ1) is 13.9. The fraction of sp³-hybridized carbons (Fsp3) is 0.600. The summed E-state index contributed by atoms with van der Waals surface area (Å²) in [7, 11) is 0. The summed E-state index contributed by atoms with van der Waals surface area (Å²) in [5, 5.41) is 27.6. The van der Waals surface area contributed by atoms with Crippen LogP contribution in [-0.4, -0.2) is 44.1 Å². The van der Waals surface area contributed by atoms with Crippen molar-refractivity contribution in [2.75, 3.05) is 6.61 Å². The SMILES string of the molecule is NCc1cnc(CN)c(CC(O)C(O)CO)n1. The molecular formula is C10H18N4O3. The van der Waals surface area contributed by atoms with Crippen molar-refractivity contribution < 1.29 is 15.3 Å². The van der Waals surface area contributed by atoms with Gasteiger partial charge in [-0.25, -0.2) is 0 Å². The lowest BCUT2D eigenvalue weighted by molar-refractivity contribution is -0.0138. The lowest BCUT2D eigenvalue weighted by Gasteiger charge is -2.16. The molecule has 0 saturated carbocycles. The summed E-state index contributed by atoms with van der Waals surface area (Å²) >= 11 is 0. The maximum atomic E-state index is 9.60. The summed E-state index contributed by atoms with van der Waals surface area (Å²) in [4.78, 5) is 8.28. The zero-order chi connectivity index (χ0) is 12.8. The Labute approximate surface area is 99.1 Å². The summed E-state index contributed by atoms with van der Waals surface area (Å²) < 4.78 is 0. The molecule has 2 unspecified atom stereocenters. The van der Waals surface area contributed by atoms with Crippen LogP contribution in [0.3, 0.4) is 0 Å². The predicted octanol–water partition coefficient (Wildman–Crippen LogP) is -2.35. The molecule has 1 aromatic rings. The van der Waals surface area contributed by atoms with Crippen molar-refractivity contribution in [2.45, 2.75) is 31.7 Å². The zero-order valence-corrected chi connectivity index (χ0v) is 9.45. The van der Waals surface area contributed by atoms with Gasteiger partial charge in [-0.3, -0.25) is 9.97 Å². The quantitative estimate of drug-likeness (QED) is 0.376. The van der Waals surface area contributed by atoms with Gasteiger partial charge < -0.3 is 26.8 Å². The molecule has 0 spiro atoms. The summed E-state index contributed by atoms with van der Waals surface area (Å²) in [6.45, 7) is -0.0816. The Morgan fingerprint density at radius 2 is 1.82 bits per heavy atom. The van der Waals surface area contributed by atoms with Gasteiger partial charge in [0.2, 0.25) is 0 Å². The molecule has 96 valence electrons. The van der Waals surface area contributed by atoms with Crippen LogP contribution in [0.5, 0.6) is 0 Å². The van der Waals surface area contributed by atoms with Gasteiger partial charge in [0.25, 0.3) is 0 Å². The maximum absolute atomic E-state index is 9.60. The molecule has 0 amide bonds. The average Bonchev–Trinajstić information content (AvgIpc) is 2.37. The molecule has 0 aliphatic rings. The number of hydrogen-bond donors (Lipinski definition) is 5. The average molecular weight is 242 g/mol. The Hall–Kier alpha value is -1.12. The van der Waals surface area contributed by atoms with Crippen LogP contribution in [-0.2, 0) is 19.5 Å². The molecule has 0 aliphatic carbocycles. The molecule has 0 bridgehead atoms. The van der Waals surface area contributed by atoms with Gasteiger partial charge in [-0.15, -0.1) is 0 Å². The van der Waals surface area contributed by atoms with Crippen molar-refractivity contribution in [1.82, 2.24) is 9.97 Å². The van der Waals surface area contributed by atoms with E-state index < -0.39 is 18.8 Å². The third-order valence-corrected chi connectivity index (χ3v) is 2.42. The van der Waals surface area contributed by atoms with Gasteiger partial charge >= 0.3 is 0 Å². The van der Waals surface area contributed by atoms with E-state index in [2.05, 4.69) is 9.97 Å². The van der Waals surface area contributed by atoms with E-state index in [0.717, 1.165) is 0 Å². The second kappa shape index (κ2) is 6.58. The topological polar surface area (TPSA) is 139 Å². The first-order chi connectivity index (χ1) is 8.12. The third kappa shape index (κ3) is 3.69. The Morgan fingerprint density at radius 1 is 1.12 bits per heavy atom. The first-order valence-corrected chi connectivity index (χ1v) is 5.33. The van der Waals surface area contributed by atoms with E-state index in [1.165, 1.54) is 6.20 Å². The highest BCUT2D eigenvalue weighted by Gasteiger charge is 2.18. The van der Waals surface area contributed by atoms with E-state index >= 15 is 0 Å². The number of aliphatic hydroxyl groups excluding tert-OH is 3. The van der Waals surface area contributed by atoms with Crippen LogP contribution in [0.2, 0.25) is 0 Å². The number of hydrogen-bond acceptors (Lipinski definition) is 7. The molecule has 0 aromatic carbocycles. The van der Waals surface area contributed by atoms with Crippen LogP contribution in [0, 0.1) is 0 Å². The van der Waals surface area contributed by atoms with Gasteiger partial charge in [0.15, 0.2) is 0 Å². The lowest BCUT2D eigenvalue weighted by atomic mass is 10.1. The lowest BCUT2D eigenvalue weighted by Crippen LogP contribution is -2.32. The summed E-state index contributed by atoms with van der Waals surface area (Å²) in [6, 6.07) is 0. The fourth-order valence-electron chi connectivity index (χ4n) is 1.38. The van der Waals surface area contributed by atoms with Gasteiger partial charge in [0.05, 0.1) is 36.0 Å². The highest BCUT2D eigenvalue weighted by molar-refractivity contribution is 5.15. The number of rotatable bonds is 6. The van der Waals surface area contributed by atoms with E-state index in [1.807, 2.05) is 0 Å². The molecule has 0 fully saturated rings. The Kier molecular flexibility index (Phi) is 5.39. The monoisotopic (exact) mass is 242 g/mol.